The number of aromatic hydroxyl groups is 2. The normalized spacial score (nSPS) is 14.2. The summed E-state index contributed by atoms with van der Waals surface area (Å²) < 4.78 is 23.8. The van der Waals surface area contributed by atoms with Crippen molar-refractivity contribution in [3.63, 3.8) is 0 Å². The highest BCUT2D eigenvalue weighted by Gasteiger charge is 2.34. The summed E-state index contributed by atoms with van der Waals surface area (Å²) in [5.74, 6) is 0.203. The zero-order valence-corrected chi connectivity index (χ0v) is 23.4. The highest BCUT2D eigenvalue weighted by atomic mass is 16.6. The predicted octanol–water partition coefficient (Wildman–Crippen LogP) is 4.72. The standard InChI is InChI=1S/C34H38O8/c35-29-15-7-13-27(17-29)21-41-31(23-39-19-25-9-3-1-4-10-25)33(37)34(38)32(24-40-20-26-11-5-2-6-12-26)42-22-28-14-8-16-30(36)18-28/h1-18,31-38H,19-24H2/t31-,32-,33-,34-/m1/s1. The molecule has 8 nitrogen and oxygen atoms in total. The number of hydrogen-bond donors (Lipinski definition) is 4. The minimum atomic E-state index is -1.40. The lowest BCUT2D eigenvalue weighted by atomic mass is 10.0. The van der Waals surface area contributed by atoms with Crippen molar-refractivity contribution in [1.29, 1.82) is 0 Å². The van der Waals surface area contributed by atoms with Crippen LogP contribution in [0.25, 0.3) is 0 Å². The van der Waals surface area contributed by atoms with E-state index < -0.39 is 24.4 Å². The SMILES string of the molecule is Oc1cccc(CO[C@H](COCc2ccccc2)[C@@H](O)[C@H](O)[C@@H](COCc2ccccc2)OCc2cccc(O)c2)c1. The van der Waals surface area contributed by atoms with Crippen molar-refractivity contribution in [3.8, 4) is 11.5 Å². The van der Waals surface area contributed by atoms with Gasteiger partial charge in [0.05, 0.1) is 39.6 Å². The Labute approximate surface area is 246 Å². The molecule has 0 aliphatic carbocycles. The van der Waals surface area contributed by atoms with Gasteiger partial charge in [0.25, 0.3) is 0 Å². The van der Waals surface area contributed by atoms with Crippen LogP contribution in [-0.2, 0) is 45.4 Å². The summed E-state index contributed by atoms with van der Waals surface area (Å²) in [6.45, 7) is 0.750. The number of phenolic OH excluding ortho intramolecular Hbond substituents is 2. The summed E-state index contributed by atoms with van der Waals surface area (Å²) in [6.07, 6.45) is -4.64. The van der Waals surface area contributed by atoms with Gasteiger partial charge in [-0.2, -0.15) is 0 Å². The Hall–Kier alpha value is -3.76. The Bertz CT molecular complexity index is 1210. The van der Waals surface area contributed by atoms with Gasteiger partial charge in [0, 0.05) is 0 Å². The molecule has 0 aliphatic rings. The molecule has 0 radical (unpaired) electrons. The summed E-state index contributed by atoms with van der Waals surface area (Å²) in [6, 6.07) is 32.5. The predicted molar refractivity (Wildman–Crippen MR) is 158 cm³/mol. The third kappa shape index (κ3) is 10.3. The van der Waals surface area contributed by atoms with Crippen molar-refractivity contribution in [2.75, 3.05) is 13.2 Å². The van der Waals surface area contributed by atoms with Crippen LogP contribution in [-0.4, -0.2) is 58.1 Å². The molecule has 4 aromatic rings. The highest BCUT2D eigenvalue weighted by molar-refractivity contribution is 5.27. The Balaban J connectivity index is 1.45. The van der Waals surface area contributed by atoms with Gasteiger partial charge in [0.2, 0.25) is 0 Å². The van der Waals surface area contributed by atoms with Crippen molar-refractivity contribution in [2.24, 2.45) is 0 Å². The van der Waals surface area contributed by atoms with Crippen molar-refractivity contribution < 1.29 is 39.4 Å². The number of rotatable bonds is 17. The summed E-state index contributed by atoms with van der Waals surface area (Å²) >= 11 is 0. The molecule has 0 bridgehead atoms. The molecule has 4 atom stereocenters. The highest BCUT2D eigenvalue weighted by Crippen LogP contribution is 2.19. The van der Waals surface area contributed by atoms with Crippen LogP contribution in [0, 0.1) is 0 Å². The van der Waals surface area contributed by atoms with Crippen LogP contribution in [0.3, 0.4) is 0 Å². The van der Waals surface area contributed by atoms with E-state index in [2.05, 4.69) is 0 Å². The number of hydrogen-bond acceptors (Lipinski definition) is 8. The van der Waals surface area contributed by atoms with E-state index in [1.165, 1.54) is 0 Å². The molecule has 0 aromatic heterocycles. The van der Waals surface area contributed by atoms with E-state index in [4.69, 9.17) is 18.9 Å². The number of ether oxygens (including phenoxy) is 4. The fourth-order valence-electron chi connectivity index (χ4n) is 4.36. The van der Waals surface area contributed by atoms with Gasteiger partial charge >= 0.3 is 0 Å². The number of aliphatic hydroxyl groups is 2. The van der Waals surface area contributed by atoms with Crippen molar-refractivity contribution in [3.05, 3.63) is 131 Å². The van der Waals surface area contributed by atoms with Crippen molar-refractivity contribution >= 4 is 0 Å². The zero-order valence-electron chi connectivity index (χ0n) is 23.4. The molecule has 0 fully saturated rings. The third-order valence-electron chi connectivity index (χ3n) is 6.65. The number of phenols is 2. The van der Waals surface area contributed by atoms with E-state index in [1.54, 1.807) is 48.5 Å². The van der Waals surface area contributed by atoms with Crippen molar-refractivity contribution in [2.45, 2.75) is 50.8 Å². The van der Waals surface area contributed by atoms with Crippen LogP contribution in [0.1, 0.15) is 22.3 Å². The molecule has 0 heterocycles. The van der Waals surface area contributed by atoms with E-state index >= 15 is 0 Å². The molecule has 0 saturated heterocycles. The zero-order chi connectivity index (χ0) is 29.6. The maximum atomic E-state index is 11.4. The van der Waals surface area contributed by atoms with E-state index in [-0.39, 0.29) is 37.9 Å². The Morgan fingerprint density at radius 3 is 1.21 bits per heavy atom. The van der Waals surface area contributed by atoms with Gasteiger partial charge in [-0.3, -0.25) is 0 Å². The summed E-state index contributed by atoms with van der Waals surface area (Å²) in [5.41, 5.74) is 3.32. The van der Waals surface area contributed by atoms with Gasteiger partial charge in [-0.05, 0) is 46.5 Å². The lowest BCUT2D eigenvalue weighted by molar-refractivity contribution is -0.170. The van der Waals surface area contributed by atoms with E-state index in [0.717, 1.165) is 11.1 Å². The minimum absolute atomic E-state index is 0.00388. The number of benzene rings is 4. The first-order valence-electron chi connectivity index (χ1n) is 13.9. The van der Waals surface area contributed by atoms with Gasteiger partial charge in [-0.15, -0.1) is 0 Å². The summed E-state index contributed by atoms with van der Waals surface area (Å²) in [4.78, 5) is 0. The molecule has 0 aliphatic heterocycles. The summed E-state index contributed by atoms with van der Waals surface area (Å²) in [5, 5.41) is 42.4. The van der Waals surface area contributed by atoms with E-state index in [9.17, 15) is 20.4 Å². The minimum Gasteiger partial charge on any atom is -0.508 e. The van der Waals surface area contributed by atoms with Gasteiger partial charge in [-0.25, -0.2) is 0 Å². The lowest BCUT2D eigenvalue weighted by Gasteiger charge is -2.32. The molecular formula is C34H38O8. The summed E-state index contributed by atoms with van der Waals surface area (Å²) in [7, 11) is 0. The molecule has 42 heavy (non-hydrogen) atoms. The van der Waals surface area contributed by atoms with Crippen LogP contribution < -0.4 is 0 Å². The van der Waals surface area contributed by atoms with Crippen LogP contribution in [0.5, 0.6) is 11.5 Å². The van der Waals surface area contributed by atoms with Gasteiger partial charge in [0.1, 0.15) is 35.9 Å². The fourth-order valence-corrected chi connectivity index (χ4v) is 4.36. The monoisotopic (exact) mass is 574 g/mol. The van der Waals surface area contributed by atoms with Crippen LogP contribution in [0.2, 0.25) is 0 Å². The molecule has 4 aromatic carbocycles. The average molecular weight is 575 g/mol. The molecular weight excluding hydrogens is 536 g/mol. The molecule has 8 heteroatoms. The molecule has 0 unspecified atom stereocenters. The fraction of sp³-hybridized carbons (Fsp3) is 0.294. The van der Waals surface area contributed by atoms with E-state index in [0.29, 0.717) is 24.3 Å². The molecule has 0 spiro atoms. The molecule has 4 rings (SSSR count). The average Bonchev–Trinajstić information content (AvgIpc) is 3.01. The van der Waals surface area contributed by atoms with E-state index in [1.807, 2.05) is 60.7 Å². The molecule has 0 saturated carbocycles. The van der Waals surface area contributed by atoms with Gasteiger partial charge < -0.3 is 39.4 Å². The van der Waals surface area contributed by atoms with Crippen LogP contribution in [0.15, 0.2) is 109 Å². The second kappa shape index (κ2) is 16.6. The first kappa shape index (κ1) is 31.2. The van der Waals surface area contributed by atoms with Gasteiger partial charge in [-0.1, -0.05) is 84.9 Å². The number of aliphatic hydroxyl groups excluding tert-OH is 2. The Morgan fingerprint density at radius 2 is 0.833 bits per heavy atom. The maximum Gasteiger partial charge on any atom is 0.115 e. The topological polar surface area (TPSA) is 118 Å². The molecule has 0 amide bonds. The quantitative estimate of drug-likeness (QED) is 0.143. The second-order valence-corrected chi connectivity index (χ2v) is 10.0. The molecule has 222 valence electrons. The van der Waals surface area contributed by atoms with Crippen molar-refractivity contribution in [1.82, 2.24) is 0 Å². The maximum absolute atomic E-state index is 11.4. The smallest absolute Gasteiger partial charge is 0.115 e. The Morgan fingerprint density at radius 1 is 0.452 bits per heavy atom. The van der Waals surface area contributed by atoms with Gasteiger partial charge in [0.15, 0.2) is 0 Å². The van der Waals surface area contributed by atoms with Crippen LogP contribution in [0.4, 0.5) is 0 Å². The Kier molecular flexibility index (Phi) is 12.3. The van der Waals surface area contributed by atoms with Crippen LogP contribution >= 0.6 is 0 Å². The first-order chi connectivity index (χ1) is 20.5. The molecule has 4 N–H and O–H groups in total. The first-order valence-corrected chi connectivity index (χ1v) is 13.9. The third-order valence-corrected chi connectivity index (χ3v) is 6.65. The lowest BCUT2D eigenvalue weighted by Crippen LogP contribution is -2.49. The second-order valence-electron chi connectivity index (χ2n) is 10.0. The largest absolute Gasteiger partial charge is 0.508 e.